The van der Waals surface area contributed by atoms with Gasteiger partial charge in [-0.3, -0.25) is 4.79 Å². The van der Waals surface area contributed by atoms with Gasteiger partial charge in [0.15, 0.2) is 0 Å². The molecule has 3 N–H and O–H groups in total. The van der Waals surface area contributed by atoms with Gasteiger partial charge in [-0.1, -0.05) is 47.6 Å². The molecule has 4 rings (SSSR count). The van der Waals surface area contributed by atoms with Crippen molar-refractivity contribution in [3.8, 4) is 16.9 Å². The number of aromatic hydroxyl groups is 1. The van der Waals surface area contributed by atoms with E-state index in [4.69, 9.17) is 0 Å². The Kier molecular flexibility index (Phi) is 6.34. The molecule has 1 saturated heterocycles. The van der Waals surface area contributed by atoms with Crippen LogP contribution in [0, 0.1) is 0 Å². The first-order chi connectivity index (χ1) is 15.4. The molecule has 7 nitrogen and oxygen atoms in total. The molecule has 1 amide bonds. The summed E-state index contributed by atoms with van der Waals surface area (Å²) >= 11 is -0.831. The average molecular weight is 451 g/mol. The molecule has 0 aliphatic carbocycles. The summed E-state index contributed by atoms with van der Waals surface area (Å²) < 4.78 is 11.6. The number of aromatic carboxylic acids is 1. The largest absolute Gasteiger partial charge is 0.616 e. The first-order valence-corrected chi connectivity index (χ1v) is 11.6. The minimum atomic E-state index is -1.17. The van der Waals surface area contributed by atoms with E-state index in [9.17, 15) is 24.4 Å². The Hall–Kier alpha value is -3.49. The predicted molar refractivity (Wildman–Crippen MR) is 125 cm³/mol. The van der Waals surface area contributed by atoms with Gasteiger partial charge in [-0.2, -0.15) is 0 Å². The SMILES string of the molecule is O=C(Nc1cc(-c2ccccc2)ccc1C(=O)O)c1cc(N2CC[S+]([O-])CC2)ccc1O. The molecule has 1 aliphatic heterocycles. The van der Waals surface area contributed by atoms with E-state index in [0.29, 0.717) is 24.6 Å². The van der Waals surface area contributed by atoms with Crippen molar-refractivity contribution in [2.24, 2.45) is 0 Å². The van der Waals surface area contributed by atoms with Crippen LogP contribution in [0.4, 0.5) is 11.4 Å². The minimum absolute atomic E-state index is 0.0376. The number of hydrogen-bond acceptors (Lipinski definition) is 5. The van der Waals surface area contributed by atoms with E-state index in [0.717, 1.165) is 16.8 Å². The zero-order valence-electron chi connectivity index (χ0n) is 17.2. The number of phenols is 1. The Morgan fingerprint density at radius 1 is 0.906 bits per heavy atom. The van der Waals surface area contributed by atoms with Crippen molar-refractivity contribution in [3.63, 3.8) is 0 Å². The van der Waals surface area contributed by atoms with Crippen LogP contribution in [-0.4, -0.2) is 51.2 Å². The third-order valence-corrected chi connectivity index (χ3v) is 6.65. The summed E-state index contributed by atoms with van der Waals surface area (Å²) in [7, 11) is 0. The molecule has 3 aromatic rings. The van der Waals surface area contributed by atoms with Gasteiger partial charge >= 0.3 is 5.97 Å². The van der Waals surface area contributed by atoms with Crippen LogP contribution in [0.25, 0.3) is 11.1 Å². The molecule has 1 heterocycles. The Balaban J connectivity index is 1.63. The van der Waals surface area contributed by atoms with Crippen LogP contribution in [0.15, 0.2) is 66.7 Å². The number of nitrogens with zero attached hydrogens (tertiary/aromatic N) is 1. The average Bonchev–Trinajstić information content (AvgIpc) is 2.80. The summed E-state index contributed by atoms with van der Waals surface area (Å²) in [5.74, 6) is -0.882. The molecule has 32 heavy (non-hydrogen) atoms. The van der Waals surface area contributed by atoms with Crippen molar-refractivity contribution >= 4 is 34.4 Å². The zero-order chi connectivity index (χ0) is 22.7. The lowest BCUT2D eigenvalue weighted by molar-refractivity contribution is 0.0698. The van der Waals surface area contributed by atoms with Crippen molar-refractivity contribution in [2.75, 3.05) is 34.8 Å². The van der Waals surface area contributed by atoms with Crippen LogP contribution < -0.4 is 10.2 Å². The number of benzene rings is 3. The van der Waals surface area contributed by atoms with E-state index in [1.54, 1.807) is 24.3 Å². The molecule has 3 aromatic carbocycles. The van der Waals surface area contributed by atoms with Gasteiger partial charge < -0.3 is 25.0 Å². The van der Waals surface area contributed by atoms with Crippen LogP contribution in [0.3, 0.4) is 0 Å². The molecule has 0 unspecified atom stereocenters. The quantitative estimate of drug-likeness (QED) is 0.512. The number of hydrogen-bond donors (Lipinski definition) is 3. The highest BCUT2D eigenvalue weighted by atomic mass is 32.2. The highest BCUT2D eigenvalue weighted by Gasteiger charge is 2.22. The van der Waals surface area contributed by atoms with Gasteiger partial charge in [0.1, 0.15) is 17.3 Å². The molecule has 0 spiro atoms. The molecule has 1 fully saturated rings. The molecule has 0 atom stereocenters. The van der Waals surface area contributed by atoms with Crippen molar-refractivity contribution in [2.45, 2.75) is 0 Å². The second-order valence-electron chi connectivity index (χ2n) is 7.42. The van der Waals surface area contributed by atoms with Crippen LogP contribution in [0.5, 0.6) is 5.75 Å². The van der Waals surface area contributed by atoms with E-state index in [1.807, 2.05) is 35.2 Å². The first-order valence-electron chi connectivity index (χ1n) is 10.1. The predicted octanol–water partition coefficient (Wildman–Crippen LogP) is 3.58. The van der Waals surface area contributed by atoms with Crippen LogP contribution in [0.2, 0.25) is 0 Å². The molecule has 1 aliphatic rings. The lowest BCUT2D eigenvalue weighted by Gasteiger charge is -2.30. The van der Waals surface area contributed by atoms with Gasteiger partial charge in [-0.05, 0) is 41.5 Å². The zero-order valence-corrected chi connectivity index (χ0v) is 18.0. The van der Waals surface area contributed by atoms with Gasteiger partial charge in [0.25, 0.3) is 5.91 Å². The Labute approximate surface area is 188 Å². The Morgan fingerprint density at radius 2 is 1.62 bits per heavy atom. The van der Waals surface area contributed by atoms with E-state index in [-0.39, 0.29) is 22.6 Å². The summed E-state index contributed by atoms with van der Waals surface area (Å²) in [5.41, 5.74) is 2.50. The van der Waals surface area contributed by atoms with Gasteiger partial charge in [-0.25, -0.2) is 4.79 Å². The number of amides is 1. The normalized spacial score (nSPS) is 14.2. The second kappa shape index (κ2) is 9.33. The molecular weight excluding hydrogens is 428 g/mol. The molecule has 8 heteroatoms. The smallest absolute Gasteiger partial charge is 0.337 e. The minimum Gasteiger partial charge on any atom is -0.616 e. The Bertz CT molecular complexity index is 1140. The molecule has 164 valence electrons. The highest BCUT2D eigenvalue weighted by molar-refractivity contribution is 7.91. The van der Waals surface area contributed by atoms with E-state index < -0.39 is 23.1 Å². The number of carboxylic acids is 1. The lowest BCUT2D eigenvalue weighted by atomic mass is 10.0. The van der Waals surface area contributed by atoms with Gasteiger partial charge in [0, 0.05) is 5.69 Å². The maximum absolute atomic E-state index is 13.0. The number of nitrogens with one attached hydrogen (secondary N) is 1. The maximum Gasteiger partial charge on any atom is 0.337 e. The number of carboxylic acid groups (broad SMARTS) is 1. The number of carbonyl (C=O) groups is 2. The molecular formula is C24H22N2O5S. The fourth-order valence-corrected chi connectivity index (χ4v) is 4.68. The van der Waals surface area contributed by atoms with Crippen molar-refractivity contribution in [1.82, 2.24) is 0 Å². The number of rotatable bonds is 5. The maximum atomic E-state index is 13.0. The third-order valence-electron chi connectivity index (χ3n) is 5.37. The fourth-order valence-electron chi connectivity index (χ4n) is 3.63. The monoisotopic (exact) mass is 450 g/mol. The van der Waals surface area contributed by atoms with Crippen molar-refractivity contribution in [1.29, 1.82) is 0 Å². The molecule has 0 radical (unpaired) electrons. The van der Waals surface area contributed by atoms with Gasteiger partial charge in [0.2, 0.25) is 0 Å². The molecule has 0 bridgehead atoms. The summed E-state index contributed by atoms with van der Waals surface area (Å²) in [6, 6.07) is 18.9. The van der Waals surface area contributed by atoms with Gasteiger partial charge in [0.05, 0.1) is 29.9 Å². The topological polar surface area (TPSA) is 113 Å². The van der Waals surface area contributed by atoms with E-state index >= 15 is 0 Å². The number of phenolic OH excluding ortho intramolecular Hbond substituents is 1. The molecule has 0 aromatic heterocycles. The summed E-state index contributed by atoms with van der Waals surface area (Å²) in [5, 5.41) is 22.5. The van der Waals surface area contributed by atoms with E-state index in [1.165, 1.54) is 12.1 Å². The van der Waals surface area contributed by atoms with Crippen LogP contribution in [-0.2, 0) is 11.2 Å². The van der Waals surface area contributed by atoms with Crippen LogP contribution in [0.1, 0.15) is 20.7 Å². The standard InChI is InChI=1S/C24H22N2O5S/c27-22-9-7-18(26-10-12-32(31)13-11-26)15-20(22)23(28)25-21-14-17(6-8-19(21)24(29)30)16-4-2-1-3-5-16/h1-9,14-15,27H,10-13H2,(H,25,28)(H,29,30). The van der Waals surface area contributed by atoms with Gasteiger partial charge in [-0.15, -0.1) is 0 Å². The summed E-state index contributed by atoms with van der Waals surface area (Å²) in [4.78, 5) is 26.7. The third kappa shape index (κ3) is 4.71. The second-order valence-corrected chi connectivity index (χ2v) is 9.12. The number of anilines is 2. The molecule has 0 saturated carbocycles. The highest BCUT2D eigenvalue weighted by Crippen LogP contribution is 2.29. The Morgan fingerprint density at radius 3 is 2.31 bits per heavy atom. The van der Waals surface area contributed by atoms with Crippen molar-refractivity contribution in [3.05, 3.63) is 77.9 Å². The van der Waals surface area contributed by atoms with E-state index in [2.05, 4.69) is 5.32 Å². The lowest BCUT2D eigenvalue weighted by Crippen LogP contribution is -2.40. The fraction of sp³-hybridized carbons (Fsp3) is 0.167. The van der Waals surface area contributed by atoms with Crippen LogP contribution >= 0.6 is 0 Å². The number of carbonyl (C=O) groups excluding carboxylic acids is 1. The first kappa shape index (κ1) is 21.7. The summed E-state index contributed by atoms with van der Waals surface area (Å²) in [6.07, 6.45) is 0. The summed E-state index contributed by atoms with van der Waals surface area (Å²) in [6.45, 7) is 1.20. The van der Waals surface area contributed by atoms with Crippen molar-refractivity contribution < 1.29 is 24.4 Å².